The molecule has 3 nitrogen and oxygen atoms in total. The summed E-state index contributed by atoms with van der Waals surface area (Å²) in [4.78, 5) is -0.424. The van der Waals surface area contributed by atoms with E-state index >= 15 is 0 Å². The number of halogens is 4. The molecule has 0 amide bonds. The van der Waals surface area contributed by atoms with Gasteiger partial charge in [0, 0.05) is 0 Å². The summed E-state index contributed by atoms with van der Waals surface area (Å²) in [5.74, 6) is -5.72. The lowest BCUT2D eigenvalue weighted by atomic mass is 10.2. The van der Waals surface area contributed by atoms with Gasteiger partial charge in [-0.15, -0.1) is 0 Å². The summed E-state index contributed by atoms with van der Waals surface area (Å²) in [7, 11) is -4.34. The van der Waals surface area contributed by atoms with Crippen LogP contribution in [0, 0.1) is 30.2 Å². The van der Waals surface area contributed by atoms with E-state index in [2.05, 4.69) is 0 Å². The van der Waals surface area contributed by atoms with E-state index in [0.717, 1.165) is 18.2 Å². The first kappa shape index (κ1) is 15.3. The third-order valence-corrected chi connectivity index (χ3v) is 4.23. The highest BCUT2D eigenvalue weighted by molar-refractivity contribution is 7.92. The van der Waals surface area contributed by atoms with Crippen molar-refractivity contribution in [2.45, 2.75) is 11.8 Å². The second-order valence-corrected chi connectivity index (χ2v) is 5.89. The smallest absolute Gasteiger partial charge is 0.262 e. The van der Waals surface area contributed by atoms with Gasteiger partial charge in [-0.05, 0) is 36.8 Å². The topological polar surface area (TPSA) is 46.2 Å². The van der Waals surface area contributed by atoms with Crippen molar-refractivity contribution in [2.24, 2.45) is 0 Å². The molecule has 21 heavy (non-hydrogen) atoms. The maximum Gasteiger partial charge on any atom is 0.262 e. The summed E-state index contributed by atoms with van der Waals surface area (Å²) in [5, 5.41) is 0. The Bertz CT molecular complexity index is 806. The summed E-state index contributed by atoms with van der Waals surface area (Å²) in [5.41, 5.74) is -0.551. The average Bonchev–Trinajstić information content (AvgIpc) is 2.42. The molecular formula is C13H9F4NO2S. The van der Waals surface area contributed by atoms with Gasteiger partial charge in [0.1, 0.15) is 5.82 Å². The molecule has 0 bridgehead atoms. The second kappa shape index (κ2) is 5.36. The minimum absolute atomic E-state index is 0.215. The lowest BCUT2D eigenvalue weighted by Crippen LogP contribution is -2.16. The Morgan fingerprint density at radius 2 is 1.62 bits per heavy atom. The molecule has 0 atom stereocenters. The third-order valence-electron chi connectivity index (χ3n) is 2.72. The highest BCUT2D eigenvalue weighted by Crippen LogP contribution is 2.24. The molecule has 2 aromatic carbocycles. The summed E-state index contributed by atoms with van der Waals surface area (Å²) in [6, 6.07) is 4.35. The van der Waals surface area contributed by atoms with Crippen LogP contribution in [0.25, 0.3) is 0 Å². The Morgan fingerprint density at radius 3 is 2.29 bits per heavy atom. The van der Waals surface area contributed by atoms with Crippen molar-refractivity contribution in [1.29, 1.82) is 0 Å². The van der Waals surface area contributed by atoms with Crippen LogP contribution in [0.4, 0.5) is 23.2 Å². The van der Waals surface area contributed by atoms with Gasteiger partial charge in [-0.25, -0.2) is 26.0 Å². The molecule has 112 valence electrons. The van der Waals surface area contributed by atoms with E-state index in [4.69, 9.17) is 0 Å². The van der Waals surface area contributed by atoms with E-state index in [1.807, 2.05) is 0 Å². The molecule has 8 heteroatoms. The van der Waals surface area contributed by atoms with Gasteiger partial charge in [-0.3, -0.25) is 4.72 Å². The lowest BCUT2D eigenvalue weighted by molar-refractivity contribution is 0.449. The molecule has 0 aliphatic heterocycles. The van der Waals surface area contributed by atoms with Crippen LogP contribution in [-0.4, -0.2) is 8.42 Å². The van der Waals surface area contributed by atoms with Crippen LogP contribution in [0.2, 0.25) is 0 Å². The quantitative estimate of drug-likeness (QED) is 0.696. The predicted octanol–water partition coefficient (Wildman–Crippen LogP) is 3.35. The molecule has 0 heterocycles. The van der Waals surface area contributed by atoms with Crippen molar-refractivity contribution < 1.29 is 26.0 Å². The van der Waals surface area contributed by atoms with Crippen molar-refractivity contribution in [2.75, 3.05) is 4.72 Å². The standard InChI is InChI=1S/C13H9F4NO2S/c1-7-2-3-8(14)6-11(7)21(19,20)18-10-5-4-9(15)12(16)13(10)17/h2-6,18H,1H3. The SMILES string of the molecule is Cc1ccc(F)cc1S(=O)(=O)Nc1ccc(F)c(F)c1F. The number of hydrogen-bond acceptors (Lipinski definition) is 2. The van der Waals surface area contributed by atoms with Gasteiger partial charge >= 0.3 is 0 Å². The fourth-order valence-corrected chi connectivity index (χ4v) is 2.98. The van der Waals surface area contributed by atoms with Crippen molar-refractivity contribution in [3.05, 3.63) is 59.2 Å². The lowest BCUT2D eigenvalue weighted by Gasteiger charge is -2.11. The molecule has 1 N–H and O–H groups in total. The second-order valence-electron chi connectivity index (χ2n) is 4.24. The molecule has 0 radical (unpaired) electrons. The summed E-state index contributed by atoms with van der Waals surface area (Å²) < 4.78 is 78.4. The molecule has 0 aliphatic rings. The Morgan fingerprint density at radius 1 is 0.952 bits per heavy atom. The normalized spacial score (nSPS) is 11.5. The number of benzene rings is 2. The van der Waals surface area contributed by atoms with E-state index in [0.29, 0.717) is 6.07 Å². The van der Waals surface area contributed by atoms with Crippen molar-refractivity contribution >= 4 is 15.7 Å². The molecule has 0 saturated carbocycles. The van der Waals surface area contributed by atoms with Crippen molar-refractivity contribution in [3.63, 3.8) is 0 Å². The van der Waals surface area contributed by atoms with Crippen LogP contribution >= 0.6 is 0 Å². The van der Waals surface area contributed by atoms with E-state index in [1.165, 1.54) is 13.0 Å². The number of rotatable bonds is 3. The van der Waals surface area contributed by atoms with Gasteiger partial charge in [-0.1, -0.05) is 6.07 Å². The number of aryl methyl sites for hydroxylation is 1. The molecule has 0 aromatic heterocycles. The first-order valence-corrected chi connectivity index (χ1v) is 7.13. The van der Waals surface area contributed by atoms with Crippen LogP contribution in [0.1, 0.15) is 5.56 Å². The molecule has 0 unspecified atom stereocenters. The maximum atomic E-state index is 13.5. The van der Waals surface area contributed by atoms with Gasteiger partial charge in [-0.2, -0.15) is 0 Å². The largest absolute Gasteiger partial charge is 0.277 e. The van der Waals surface area contributed by atoms with Gasteiger partial charge < -0.3 is 0 Å². The average molecular weight is 319 g/mol. The predicted molar refractivity (Wildman–Crippen MR) is 68.3 cm³/mol. The Labute approximate surface area is 118 Å². The van der Waals surface area contributed by atoms with E-state index < -0.39 is 43.9 Å². The molecular weight excluding hydrogens is 310 g/mol. The highest BCUT2D eigenvalue weighted by atomic mass is 32.2. The number of hydrogen-bond donors (Lipinski definition) is 1. The third kappa shape index (κ3) is 2.99. The monoisotopic (exact) mass is 319 g/mol. The molecule has 0 aliphatic carbocycles. The molecule has 2 aromatic rings. The van der Waals surface area contributed by atoms with Gasteiger partial charge in [0.2, 0.25) is 0 Å². The van der Waals surface area contributed by atoms with Crippen LogP contribution < -0.4 is 4.72 Å². The van der Waals surface area contributed by atoms with Gasteiger partial charge in [0.15, 0.2) is 17.5 Å². The zero-order valence-corrected chi connectivity index (χ0v) is 11.4. The number of sulfonamides is 1. The van der Waals surface area contributed by atoms with Crippen molar-refractivity contribution in [3.8, 4) is 0 Å². The molecule has 0 fully saturated rings. The fourth-order valence-electron chi connectivity index (χ4n) is 1.67. The highest BCUT2D eigenvalue weighted by Gasteiger charge is 2.21. The Kier molecular flexibility index (Phi) is 3.91. The number of anilines is 1. The van der Waals surface area contributed by atoms with Crippen molar-refractivity contribution in [1.82, 2.24) is 0 Å². The minimum atomic E-state index is -4.34. The van der Waals surface area contributed by atoms with E-state index in [-0.39, 0.29) is 5.56 Å². The zero-order valence-electron chi connectivity index (χ0n) is 10.6. The first-order chi connectivity index (χ1) is 9.72. The minimum Gasteiger partial charge on any atom is -0.277 e. The van der Waals surface area contributed by atoms with Crippen LogP contribution in [0.3, 0.4) is 0 Å². The summed E-state index contributed by atoms with van der Waals surface area (Å²) >= 11 is 0. The fraction of sp³-hybridized carbons (Fsp3) is 0.0769. The van der Waals surface area contributed by atoms with Gasteiger partial charge in [0.05, 0.1) is 10.6 Å². The van der Waals surface area contributed by atoms with E-state index in [9.17, 15) is 26.0 Å². The molecule has 2 rings (SSSR count). The molecule has 0 saturated heterocycles. The summed E-state index contributed by atoms with van der Waals surface area (Å²) in [6.45, 7) is 1.41. The first-order valence-electron chi connectivity index (χ1n) is 5.65. The Balaban J connectivity index is 2.47. The van der Waals surface area contributed by atoms with Crippen LogP contribution in [0.15, 0.2) is 35.2 Å². The summed E-state index contributed by atoms with van der Waals surface area (Å²) in [6.07, 6.45) is 0. The Hall–Kier alpha value is -2.09. The van der Waals surface area contributed by atoms with Crippen LogP contribution in [0.5, 0.6) is 0 Å². The molecule has 0 spiro atoms. The zero-order chi connectivity index (χ0) is 15.8. The van der Waals surface area contributed by atoms with Gasteiger partial charge in [0.25, 0.3) is 10.0 Å². The van der Waals surface area contributed by atoms with E-state index in [1.54, 1.807) is 4.72 Å². The number of nitrogens with one attached hydrogen (secondary N) is 1. The maximum absolute atomic E-state index is 13.5. The van der Waals surface area contributed by atoms with Crippen LogP contribution in [-0.2, 0) is 10.0 Å².